The lowest BCUT2D eigenvalue weighted by atomic mass is 9.95. The summed E-state index contributed by atoms with van der Waals surface area (Å²) >= 11 is 0. The fourth-order valence-corrected chi connectivity index (χ4v) is 4.09. The summed E-state index contributed by atoms with van der Waals surface area (Å²) in [4.78, 5) is 14.5. The molecular formula is C24H30N2O3. The van der Waals surface area contributed by atoms with Gasteiger partial charge in [-0.1, -0.05) is 32.0 Å². The topological polar surface area (TPSA) is 50.8 Å². The van der Waals surface area contributed by atoms with Crippen molar-refractivity contribution < 1.29 is 14.3 Å². The van der Waals surface area contributed by atoms with E-state index in [1.807, 2.05) is 23.1 Å². The van der Waals surface area contributed by atoms with Gasteiger partial charge in [0.05, 0.1) is 0 Å². The highest BCUT2D eigenvalue weighted by Gasteiger charge is 2.21. The van der Waals surface area contributed by atoms with Gasteiger partial charge in [-0.05, 0) is 54.2 Å². The highest BCUT2D eigenvalue weighted by atomic mass is 16.6. The minimum Gasteiger partial charge on any atom is -0.486 e. The summed E-state index contributed by atoms with van der Waals surface area (Å²) in [7, 11) is 0. The average Bonchev–Trinajstić information content (AvgIpc) is 3.28. The summed E-state index contributed by atoms with van der Waals surface area (Å²) in [6.07, 6.45) is 2.23. The number of carbonyl (C=O) groups excluding carboxylic acids is 1. The Kier molecular flexibility index (Phi) is 6.05. The van der Waals surface area contributed by atoms with Crippen molar-refractivity contribution in [1.29, 1.82) is 0 Å². The molecule has 0 radical (unpaired) electrons. The molecule has 0 saturated carbocycles. The summed E-state index contributed by atoms with van der Waals surface area (Å²) < 4.78 is 11.4. The van der Waals surface area contributed by atoms with E-state index in [0.717, 1.165) is 49.5 Å². The summed E-state index contributed by atoms with van der Waals surface area (Å²) in [5.41, 5.74) is 3.15. The quantitative estimate of drug-likeness (QED) is 0.799. The number of hydrogen-bond donors (Lipinski definition) is 1. The van der Waals surface area contributed by atoms with Crippen molar-refractivity contribution in [2.45, 2.75) is 39.3 Å². The van der Waals surface area contributed by atoms with E-state index in [4.69, 9.17) is 9.47 Å². The molecule has 0 bridgehead atoms. The Labute approximate surface area is 173 Å². The standard InChI is InChI=1S/C24H30N2O3/c1-17(2)23(20-9-10-21-22(15-20)29-14-13-28-21)25-16-18-5-7-19(8-6-18)24(27)26-11-3-4-12-26/h5-10,15,17,23,25H,3-4,11-14,16H2,1-2H3. The average molecular weight is 395 g/mol. The largest absolute Gasteiger partial charge is 0.486 e. The van der Waals surface area contributed by atoms with Crippen LogP contribution in [-0.4, -0.2) is 37.1 Å². The number of nitrogens with zero attached hydrogens (tertiary/aromatic N) is 1. The number of ether oxygens (including phenoxy) is 2. The summed E-state index contributed by atoms with van der Waals surface area (Å²) in [5.74, 6) is 2.22. The zero-order valence-electron chi connectivity index (χ0n) is 17.3. The van der Waals surface area contributed by atoms with Crippen LogP contribution in [0.5, 0.6) is 11.5 Å². The predicted molar refractivity (Wildman–Crippen MR) is 113 cm³/mol. The van der Waals surface area contributed by atoms with Gasteiger partial charge in [0.1, 0.15) is 13.2 Å². The first-order chi connectivity index (χ1) is 14.1. The third kappa shape index (κ3) is 4.56. The molecule has 5 nitrogen and oxygen atoms in total. The molecule has 154 valence electrons. The van der Waals surface area contributed by atoms with Gasteiger partial charge < -0.3 is 19.7 Å². The molecule has 0 aliphatic carbocycles. The van der Waals surface area contributed by atoms with E-state index in [1.165, 1.54) is 11.1 Å². The van der Waals surface area contributed by atoms with E-state index in [-0.39, 0.29) is 11.9 Å². The maximum atomic E-state index is 12.5. The van der Waals surface area contributed by atoms with Crippen LogP contribution in [0.2, 0.25) is 0 Å². The molecule has 2 aliphatic heterocycles. The molecular weight excluding hydrogens is 364 g/mol. The van der Waals surface area contributed by atoms with E-state index in [1.54, 1.807) is 0 Å². The molecule has 2 aliphatic rings. The molecule has 1 fully saturated rings. The van der Waals surface area contributed by atoms with Crippen molar-refractivity contribution in [3.63, 3.8) is 0 Å². The van der Waals surface area contributed by atoms with Gasteiger partial charge in [-0.15, -0.1) is 0 Å². The Morgan fingerprint density at radius 3 is 2.38 bits per heavy atom. The second kappa shape index (κ2) is 8.87. The maximum Gasteiger partial charge on any atom is 0.253 e. The highest BCUT2D eigenvalue weighted by Crippen LogP contribution is 2.34. The highest BCUT2D eigenvalue weighted by molar-refractivity contribution is 5.94. The van der Waals surface area contributed by atoms with Gasteiger partial charge in [0, 0.05) is 31.2 Å². The molecule has 2 aromatic rings. The Bertz CT molecular complexity index is 842. The smallest absolute Gasteiger partial charge is 0.253 e. The molecule has 5 heteroatoms. The number of amides is 1. The molecule has 1 unspecified atom stereocenters. The number of nitrogens with one attached hydrogen (secondary N) is 1. The van der Waals surface area contributed by atoms with Crippen LogP contribution >= 0.6 is 0 Å². The number of fused-ring (bicyclic) bond motifs is 1. The van der Waals surface area contributed by atoms with Crippen molar-refractivity contribution in [3.8, 4) is 11.5 Å². The molecule has 1 amide bonds. The van der Waals surface area contributed by atoms with Crippen molar-refractivity contribution in [2.75, 3.05) is 26.3 Å². The van der Waals surface area contributed by atoms with Crippen molar-refractivity contribution in [2.24, 2.45) is 5.92 Å². The van der Waals surface area contributed by atoms with E-state index in [9.17, 15) is 4.79 Å². The third-order valence-electron chi connectivity index (χ3n) is 5.71. The van der Waals surface area contributed by atoms with Gasteiger partial charge in [-0.25, -0.2) is 0 Å². The SMILES string of the molecule is CC(C)C(NCc1ccc(C(=O)N2CCCC2)cc1)c1ccc2c(c1)OCCO2. The first-order valence-electron chi connectivity index (χ1n) is 10.6. The second-order valence-corrected chi connectivity index (χ2v) is 8.20. The van der Waals surface area contributed by atoms with Crippen LogP contribution in [0.25, 0.3) is 0 Å². The van der Waals surface area contributed by atoms with Crippen LogP contribution in [0.3, 0.4) is 0 Å². The molecule has 0 spiro atoms. The number of likely N-dealkylation sites (tertiary alicyclic amines) is 1. The molecule has 1 saturated heterocycles. The molecule has 4 rings (SSSR count). The first-order valence-corrected chi connectivity index (χ1v) is 10.6. The number of benzene rings is 2. The van der Waals surface area contributed by atoms with Crippen molar-refractivity contribution in [3.05, 3.63) is 59.2 Å². The van der Waals surface area contributed by atoms with Gasteiger partial charge in [-0.3, -0.25) is 4.79 Å². The summed E-state index contributed by atoms with van der Waals surface area (Å²) in [6.45, 7) is 8.14. The molecule has 2 aromatic carbocycles. The zero-order chi connectivity index (χ0) is 20.2. The summed E-state index contributed by atoms with van der Waals surface area (Å²) in [5, 5.41) is 3.67. The van der Waals surface area contributed by atoms with Gasteiger partial charge in [-0.2, -0.15) is 0 Å². The summed E-state index contributed by atoms with van der Waals surface area (Å²) in [6, 6.07) is 14.4. The Balaban J connectivity index is 1.41. The lowest BCUT2D eigenvalue weighted by Gasteiger charge is -2.25. The van der Waals surface area contributed by atoms with E-state index < -0.39 is 0 Å². The lowest BCUT2D eigenvalue weighted by molar-refractivity contribution is 0.0793. The van der Waals surface area contributed by atoms with Gasteiger partial charge >= 0.3 is 0 Å². The lowest BCUT2D eigenvalue weighted by Crippen LogP contribution is -2.27. The molecule has 1 N–H and O–H groups in total. The predicted octanol–water partition coefficient (Wildman–Crippen LogP) is 4.18. The number of carbonyl (C=O) groups is 1. The Hall–Kier alpha value is -2.53. The van der Waals surface area contributed by atoms with Crippen molar-refractivity contribution in [1.82, 2.24) is 10.2 Å². The van der Waals surface area contributed by atoms with Gasteiger partial charge in [0.2, 0.25) is 0 Å². The van der Waals surface area contributed by atoms with Crippen LogP contribution in [-0.2, 0) is 6.54 Å². The molecule has 1 atom stereocenters. The van der Waals surface area contributed by atoms with E-state index in [2.05, 4.69) is 43.4 Å². The maximum absolute atomic E-state index is 12.5. The first kappa shape index (κ1) is 19.8. The van der Waals surface area contributed by atoms with Gasteiger partial charge in [0.25, 0.3) is 5.91 Å². The van der Waals surface area contributed by atoms with E-state index in [0.29, 0.717) is 19.1 Å². The Morgan fingerprint density at radius 1 is 1.00 bits per heavy atom. The molecule has 29 heavy (non-hydrogen) atoms. The van der Waals surface area contributed by atoms with E-state index >= 15 is 0 Å². The minimum absolute atomic E-state index is 0.151. The Morgan fingerprint density at radius 2 is 1.69 bits per heavy atom. The zero-order valence-corrected chi connectivity index (χ0v) is 17.3. The third-order valence-corrected chi connectivity index (χ3v) is 5.71. The van der Waals surface area contributed by atoms with Crippen LogP contribution in [0, 0.1) is 5.92 Å². The number of hydrogen-bond acceptors (Lipinski definition) is 4. The minimum atomic E-state index is 0.151. The molecule has 0 aromatic heterocycles. The number of rotatable bonds is 6. The fourth-order valence-electron chi connectivity index (χ4n) is 4.09. The second-order valence-electron chi connectivity index (χ2n) is 8.20. The van der Waals surface area contributed by atoms with Crippen LogP contribution < -0.4 is 14.8 Å². The van der Waals surface area contributed by atoms with Crippen LogP contribution in [0.1, 0.15) is 54.2 Å². The van der Waals surface area contributed by atoms with Crippen LogP contribution in [0.15, 0.2) is 42.5 Å². The van der Waals surface area contributed by atoms with Gasteiger partial charge in [0.15, 0.2) is 11.5 Å². The monoisotopic (exact) mass is 394 g/mol. The van der Waals surface area contributed by atoms with Crippen LogP contribution in [0.4, 0.5) is 0 Å². The normalized spacial score (nSPS) is 16.9. The fraction of sp³-hybridized carbons (Fsp3) is 0.458. The van der Waals surface area contributed by atoms with Crippen molar-refractivity contribution >= 4 is 5.91 Å². The molecule has 2 heterocycles.